The highest BCUT2D eigenvalue weighted by Crippen LogP contribution is 2.12. The summed E-state index contributed by atoms with van der Waals surface area (Å²) in [5.74, 6) is 0. The first-order chi connectivity index (χ1) is 16.2. The number of unbranched alkanes of at least 4 members (excludes halogenated alkanes) is 5. The predicted octanol–water partition coefficient (Wildman–Crippen LogP) is 0.222. The van der Waals surface area contributed by atoms with Crippen LogP contribution in [0.4, 0.5) is 0 Å². The zero-order valence-electron chi connectivity index (χ0n) is 20.0. The highest BCUT2D eigenvalue weighted by Gasteiger charge is 2.15. The smallest absolute Gasteiger partial charge is 0.325 e. The Labute approximate surface area is 194 Å². The van der Waals surface area contributed by atoms with Gasteiger partial charge in [0.2, 0.25) is 0 Å². The van der Waals surface area contributed by atoms with Gasteiger partial charge in [0.15, 0.2) is 22.3 Å². The molecule has 0 amide bonds. The summed E-state index contributed by atoms with van der Waals surface area (Å²) in [5, 5.41) is 0. The number of hydrogen-bond acceptors (Lipinski definition) is 6. The van der Waals surface area contributed by atoms with Gasteiger partial charge in [-0.15, -0.1) is 0 Å². The summed E-state index contributed by atoms with van der Waals surface area (Å²) in [6.45, 7) is 1.35. The first kappa shape index (κ1) is 23.5. The van der Waals surface area contributed by atoms with E-state index in [1.54, 1.807) is 26.7 Å². The Kier molecular flexibility index (Phi) is 6.40. The maximum atomic E-state index is 12.5. The average Bonchev–Trinajstić information content (AvgIpc) is 3.45. The molecule has 182 valence electrons. The zero-order valence-corrected chi connectivity index (χ0v) is 20.0. The molecule has 0 saturated carbocycles. The summed E-state index contributed by atoms with van der Waals surface area (Å²) < 4.78 is 8.67. The second-order valence-corrected chi connectivity index (χ2v) is 8.75. The van der Waals surface area contributed by atoms with Gasteiger partial charge in [-0.25, -0.2) is 19.6 Å². The number of aryl methyl sites for hydroxylation is 4. The Hall–Kier alpha value is -3.70. The zero-order chi connectivity index (χ0) is 24.6. The van der Waals surface area contributed by atoms with Crippen LogP contribution in [0.5, 0.6) is 0 Å². The van der Waals surface area contributed by atoms with Crippen molar-refractivity contribution in [1.82, 2.24) is 37.4 Å². The molecule has 0 N–H and O–H groups in total. The summed E-state index contributed by atoms with van der Waals surface area (Å²) in [4.78, 5) is 57.6. The van der Waals surface area contributed by atoms with Gasteiger partial charge in [-0.1, -0.05) is 25.7 Å². The Morgan fingerprint density at radius 1 is 0.559 bits per heavy atom. The summed E-state index contributed by atoms with van der Waals surface area (Å²) in [6, 6.07) is 0. The lowest BCUT2D eigenvalue weighted by atomic mass is 10.1. The Balaban J connectivity index is 1.26. The van der Waals surface area contributed by atoms with Crippen molar-refractivity contribution in [2.45, 2.75) is 51.6 Å². The van der Waals surface area contributed by atoms with Crippen molar-refractivity contribution in [2.24, 2.45) is 28.2 Å². The summed E-state index contributed by atoms with van der Waals surface area (Å²) in [7, 11) is 6.19. The second kappa shape index (κ2) is 9.27. The maximum Gasteiger partial charge on any atom is 0.332 e. The molecular formula is C22H30N8O4. The Morgan fingerprint density at radius 3 is 1.29 bits per heavy atom. The summed E-state index contributed by atoms with van der Waals surface area (Å²) in [5.41, 5.74) is 0.341. The number of nitrogens with zero attached hydrogens (tertiary/aromatic N) is 8. The van der Waals surface area contributed by atoms with E-state index < -0.39 is 0 Å². The standard InChI is InChI=1S/C22H30N8O4/c1-25-17-15(19(31)27(3)21(25)33)29(13-23-17)11-9-7-5-6-8-10-12-30-14-24-18-16(30)20(32)28(4)22(34)26(18)2/h13-14H,5-12H2,1-4H3. The van der Waals surface area contributed by atoms with E-state index in [0.29, 0.717) is 35.4 Å². The quantitative estimate of drug-likeness (QED) is 0.323. The van der Waals surface area contributed by atoms with E-state index in [0.717, 1.165) is 47.7 Å². The third-order valence-corrected chi connectivity index (χ3v) is 6.48. The fourth-order valence-corrected chi connectivity index (χ4v) is 4.40. The minimum atomic E-state index is -0.379. The van der Waals surface area contributed by atoms with E-state index >= 15 is 0 Å². The second-order valence-electron chi connectivity index (χ2n) is 8.75. The molecule has 0 spiro atoms. The number of rotatable bonds is 9. The van der Waals surface area contributed by atoms with Crippen LogP contribution in [-0.4, -0.2) is 37.4 Å². The first-order valence-electron chi connectivity index (χ1n) is 11.5. The van der Waals surface area contributed by atoms with Crippen LogP contribution in [0.25, 0.3) is 22.3 Å². The highest BCUT2D eigenvalue weighted by molar-refractivity contribution is 5.70. The van der Waals surface area contributed by atoms with Crippen LogP contribution in [0.2, 0.25) is 0 Å². The van der Waals surface area contributed by atoms with Crippen molar-refractivity contribution in [3.05, 3.63) is 54.3 Å². The maximum absolute atomic E-state index is 12.5. The minimum Gasteiger partial charge on any atom is -0.325 e. The van der Waals surface area contributed by atoms with Gasteiger partial charge >= 0.3 is 11.4 Å². The normalized spacial score (nSPS) is 11.8. The molecule has 0 bridgehead atoms. The lowest BCUT2D eigenvalue weighted by molar-refractivity contribution is 0.536. The molecule has 0 aliphatic rings. The van der Waals surface area contributed by atoms with Crippen molar-refractivity contribution in [2.75, 3.05) is 0 Å². The van der Waals surface area contributed by atoms with Crippen molar-refractivity contribution >= 4 is 22.3 Å². The van der Waals surface area contributed by atoms with Crippen LogP contribution < -0.4 is 22.5 Å². The fraction of sp³-hybridized carbons (Fsp3) is 0.545. The van der Waals surface area contributed by atoms with Gasteiger partial charge in [-0.05, 0) is 12.8 Å². The molecule has 0 saturated heterocycles. The van der Waals surface area contributed by atoms with E-state index in [4.69, 9.17) is 0 Å². The van der Waals surface area contributed by atoms with Crippen molar-refractivity contribution in [3.8, 4) is 0 Å². The number of hydrogen-bond donors (Lipinski definition) is 0. The van der Waals surface area contributed by atoms with Crippen LogP contribution in [-0.2, 0) is 41.3 Å². The van der Waals surface area contributed by atoms with Gasteiger partial charge < -0.3 is 9.13 Å². The first-order valence-corrected chi connectivity index (χ1v) is 11.5. The van der Waals surface area contributed by atoms with E-state index in [1.165, 1.54) is 23.2 Å². The van der Waals surface area contributed by atoms with Crippen LogP contribution >= 0.6 is 0 Å². The predicted molar refractivity (Wildman–Crippen MR) is 128 cm³/mol. The molecule has 4 rings (SSSR count). The SMILES string of the molecule is Cn1c(=O)c2c(ncn2CCCCCCCCn2cnc3c2c(=O)n(C)c(=O)n3C)n(C)c1=O. The molecule has 0 fully saturated rings. The van der Waals surface area contributed by atoms with Gasteiger partial charge in [0.1, 0.15) is 0 Å². The van der Waals surface area contributed by atoms with Crippen molar-refractivity contribution in [3.63, 3.8) is 0 Å². The number of fused-ring (bicyclic) bond motifs is 2. The van der Waals surface area contributed by atoms with Crippen LogP contribution in [0.15, 0.2) is 31.8 Å². The minimum absolute atomic E-state index is 0.322. The van der Waals surface area contributed by atoms with Gasteiger partial charge in [-0.2, -0.15) is 0 Å². The van der Waals surface area contributed by atoms with E-state index in [9.17, 15) is 19.2 Å². The van der Waals surface area contributed by atoms with Crippen LogP contribution in [0.3, 0.4) is 0 Å². The van der Waals surface area contributed by atoms with E-state index in [-0.39, 0.29) is 22.5 Å². The molecule has 4 heterocycles. The molecule has 0 atom stereocenters. The molecule has 4 aromatic rings. The van der Waals surface area contributed by atoms with Gasteiger partial charge in [0, 0.05) is 41.3 Å². The van der Waals surface area contributed by atoms with Crippen LogP contribution in [0, 0.1) is 0 Å². The average molecular weight is 471 g/mol. The van der Waals surface area contributed by atoms with E-state index in [2.05, 4.69) is 9.97 Å². The molecule has 12 nitrogen and oxygen atoms in total. The van der Waals surface area contributed by atoms with Crippen molar-refractivity contribution < 1.29 is 0 Å². The summed E-state index contributed by atoms with van der Waals surface area (Å²) >= 11 is 0. The van der Waals surface area contributed by atoms with Crippen LogP contribution in [0.1, 0.15) is 38.5 Å². The Bertz CT molecular complexity index is 1470. The third kappa shape index (κ3) is 3.93. The Morgan fingerprint density at radius 2 is 0.912 bits per heavy atom. The van der Waals surface area contributed by atoms with E-state index in [1.807, 2.05) is 9.13 Å². The molecule has 34 heavy (non-hydrogen) atoms. The molecular weight excluding hydrogens is 440 g/mol. The number of imidazole rings is 2. The topological polar surface area (TPSA) is 124 Å². The fourth-order valence-electron chi connectivity index (χ4n) is 4.40. The molecule has 0 aliphatic carbocycles. The molecule has 12 heteroatoms. The van der Waals surface area contributed by atoms with Crippen molar-refractivity contribution in [1.29, 1.82) is 0 Å². The van der Waals surface area contributed by atoms with Gasteiger partial charge in [0.05, 0.1) is 12.7 Å². The third-order valence-electron chi connectivity index (χ3n) is 6.48. The largest absolute Gasteiger partial charge is 0.332 e. The molecule has 0 unspecified atom stereocenters. The summed E-state index contributed by atoms with van der Waals surface area (Å²) in [6.07, 6.45) is 9.22. The monoisotopic (exact) mass is 470 g/mol. The molecule has 0 aliphatic heterocycles. The van der Waals surface area contributed by atoms with Gasteiger partial charge in [0.25, 0.3) is 11.1 Å². The molecule has 4 aromatic heterocycles. The lowest BCUT2D eigenvalue weighted by Crippen LogP contribution is -2.37. The number of aromatic nitrogens is 8. The van der Waals surface area contributed by atoms with Gasteiger partial charge in [-0.3, -0.25) is 27.9 Å². The molecule has 0 aromatic carbocycles. The highest BCUT2D eigenvalue weighted by atomic mass is 16.2. The lowest BCUT2D eigenvalue weighted by Gasteiger charge is -2.07. The molecule has 0 radical (unpaired) electrons.